The quantitative estimate of drug-likeness (QED) is 0.0311. The molecule has 0 radical (unpaired) electrons. The van der Waals surface area contributed by atoms with Gasteiger partial charge in [-0.05, 0) is 82.7 Å². The van der Waals surface area contributed by atoms with Crippen molar-refractivity contribution in [2.24, 2.45) is 47.3 Å². The molecule has 0 bridgehead atoms. The zero-order chi connectivity index (χ0) is 67.5. The number of aliphatic imine (C=N–C) groups is 1. The van der Waals surface area contributed by atoms with Crippen LogP contribution in [-0.4, -0.2) is 174 Å². The number of imidazole rings is 1. The van der Waals surface area contributed by atoms with Crippen LogP contribution in [0.3, 0.4) is 0 Å². The smallest absolute Gasteiger partial charge is 0.291 e. The van der Waals surface area contributed by atoms with Crippen LogP contribution in [-0.2, 0) is 56.7 Å². The van der Waals surface area contributed by atoms with Crippen molar-refractivity contribution in [1.82, 2.24) is 58.1 Å². The lowest BCUT2D eigenvalue weighted by molar-refractivity contribution is -0.117. The standard InChI is InChI=1S/C63H77N19O12/c1-75(2)20-12-17-64-57(86)45-25-39(33-76(45)3)70-60(89)48-23-37(31-79(48)6)68-54(84)15-18-65-58(87)46-26-40(34-77(46)4)71-61(90)49-24-38(32-80(49)7)69-55(85)16-19-66-59(88)47-27-41(35-78(47)5)72-62(91)56-74-52(36-81(56)8)73-53(83)14-11-22-94-51-29-44-43(28-50(51)93-9)63(92)82-21-10-13-42(82)30-67-44/h23-36,42H,10-22H2,1-9H3,(H,64,86)(H,65,87)(H,66,88)(H,68,84)(H,69,85)(H,70,89)(H,71,90)(H,72,91)(H,73,83)/t42-/m0/s1. The van der Waals surface area contributed by atoms with Crippen LogP contribution >= 0.6 is 0 Å². The molecule has 8 heterocycles. The van der Waals surface area contributed by atoms with Gasteiger partial charge >= 0.3 is 0 Å². The number of nitrogens with one attached hydrogen (secondary N) is 9. The van der Waals surface area contributed by atoms with E-state index in [1.165, 1.54) is 62.0 Å². The number of methoxy groups -OCH3 is 1. The normalized spacial score (nSPS) is 13.1. The van der Waals surface area contributed by atoms with Crippen molar-refractivity contribution >= 4 is 105 Å². The Morgan fingerprint density at radius 2 is 0.979 bits per heavy atom. The molecule has 496 valence electrons. The summed E-state index contributed by atoms with van der Waals surface area (Å²) < 4.78 is 20.6. The Kier molecular flexibility index (Phi) is 21.3. The maximum absolute atomic E-state index is 13.4. The number of amides is 10. The average Bonchev–Trinajstić information content (AvgIpc) is 1.56. The molecule has 0 saturated carbocycles. The summed E-state index contributed by atoms with van der Waals surface area (Å²) >= 11 is 0. The summed E-state index contributed by atoms with van der Waals surface area (Å²) in [5.74, 6) is -3.32. The number of rotatable bonds is 28. The maximum atomic E-state index is 13.4. The van der Waals surface area contributed by atoms with E-state index in [2.05, 4.69) is 57.8 Å². The van der Waals surface area contributed by atoms with Crippen LogP contribution in [0.5, 0.6) is 11.5 Å². The number of aryl methyl sites for hydroxylation is 6. The fourth-order valence-corrected chi connectivity index (χ4v) is 10.7. The van der Waals surface area contributed by atoms with Crippen molar-refractivity contribution < 1.29 is 57.4 Å². The summed E-state index contributed by atoms with van der Waals surface area (Å²) in [7, 11) is 15.2. The van der Waals surface area contributed by atoms with Crippen LogP contribution in [0.2, 0.25) is 0 Å². The van der Waals surface area contributed by atoms with Crippen molar-refractivity contribution in [3.63, 3.8) is 0 Å². The Morgan fingerprint density at radius 1 is 0.521 bits per heavy atom. The Bertz CT molecular complexity index is 4100. The average molecular weight is 1290 g/mol. The van der Waals surface area contributed by atoms with Gasteiger partial charge in [0.15, 0.2) is 17.3 Å². The van der Waals surface area contributed by atoms with Gasteiger partial charge in [-0.2, -0.15) is 0 Å². The van der Waals surface area contributed by atoms with Gasteiger partial charge in [-0.1, -0.05) is 0 Å². The van der Waals surface area contributed by atoms with Crippen molar-refractivity contribution in [3.8, 4) is 11.5 Å². The summed E-state index contributed by atoms with van der Waals surface area (Å²) in [6.07, 6.45) is 13.9. The van der Waals surface area contributed by atoms with Gasteiger partial charge in [-0.15, -0.1) is 0 Å². The van der Waals surface area contributed by atoms with Crippen molar-refractivity contribution in [2.45, 2.75) is 51.0 Å². The molecule has 2 aliphatic rings. The summed E-state index contributed by atoms with van der Waals surface area (Å²) in [6.45, 7) is 2.08. The fraction of sp³-hybridized carbons (Fsp3) is 0.365. The number of hydrogen-bond donors (Lipinski definition) is 9. The summed E-state index contributed by atoms with van der Waals surface area (Å²) in [5, 5.41) is 24.7. The number of fused-ring (bicyclic) bond motifs is 2. The molecule has 94 heavy (non-hydrogen) atoms. The highest BCUT2D eigenvalue weighted by atomic mass is 16.5. The van der Waals surface area contributed by atoms with E-state index in [4.69, 9.17) is 9.47 Å². The molecule has 0 unspecified atom stereocenters. The lowest BCUT2D eigenvalue weighted by atomic mass is 10.1. The Morgan fingerprint density at radius 3 is 1.47 bits per heavy atom. The van der Waals surface area contributed by atoms with Crippen molar-refractivity contribution in [3.05, 3.63) is 120 Å². The second kappa shape index (κ2) is 29.8. The molecule has 6 aromatic heterocycles. The van der Waals surface area contributed by atoms with Gasteiger partial charge in [0, 0.05) is 137 Å². The van der Waals surface area contributed by atoms with E-state index in [1.54, 1.807) is 101 Å². The molecule has 1 fully saturated rings. The third kappa shape index (κ3) is 16.6. The van der Waals surface area contributed by atoms with Gasteiger partial charge < -0.3 is 94.5 Å². The number of benzene rings is 1. The topological polar surface area (TPSA) is 359 Å². The zero-order valence-corrected chi connectivity index (χ0v) is 53.7. The minimum atomic E-state index is -0.608. The van der Waals surface area contributed by atoms with Gasteiger partial charge in [0.2, 0.25) is 23.5 Å². The summed E-state index contributed by atoms with van der Waals surface area (Å²) in [5.41, 5.74) is 3.80. The number of hydrogen-bond acceptors (Lipinski definition) is 15. The van der Waals surface area contributed by atoms with Gasteiger partial charge in [0.1, 0.15) is 28.5 Å². The van der Waals surface area contributed by atoms with Crippen LogP contribution in [0.15, 0.2) is 84.6 Å². The first-order chi connectivity index (χ1) is 44.9. The lowest BCUT2D eigenvalue weighted by Crippen LogP contribution is -2.35. The zero-order valence-electron chi connectivity index (χ0n) is 53.7. The number of anilines is 6. The monoisotopic (exact) mass is 1290 g/mol. The van der Waals surface area contributed by atoms with Crippen molar-refractivity contribution in [2.75, 3.05) is 92.4 Å². The predicted molar refractivity (Wildman–Crippen MR) is 349 cm³/mol. The Hall–Kier alpha value is -11.2. The number of ether oxygens (including phenoxy) is 2. The third-order valence-electron chi connectivity index (χ3n) is 15.5. The molecule has 9 rings (SSSR count). The minimum Gasteiger partial charge on any atom is -0.493 e. The number of nitrogens with zero attached hydrogens (tertiary/aromatic N) is 10. The summed E-state index contributed by atoms with van der Waals surface area (Å²) in [4.78, 5) is 144. The second-order valence-electron chi connectivity index (χ2n) is 23.1. The second-order valence-corrected chi connectivity index (χ2v) is 23.1. The molecular weight excluding hydrogens is 1210 g/mol. The van der Waals surface area contributed by atoms with Crippen LogP contribution in [0.4, 0.5) is 39.9 Å². The fourth-order valence-electron chi connectivity index (χ4n) is 10.7. The number of carbonyl (C=O) groups excluding carboxylic acids is 10. The first-order valence-corrected chi connectivity index (χ1v) is 30.3. The lowest BCUT2D eigenvalue weighted by Gasteiger charge is -2.20. The van der Waals surface area contributed by atoms with Gasteiger partial charge in [0.25, 0.3) is 41.4 Å². The molecule has 0 spiro atoms. The molecule has 31 nitrogen and oxygen atoms in total. The highest BCUT2D eigenvalue weighted by Gasteiger charge is 2.33. The third-order valence-corrected chi connectivity index (χ3v) is 15.5. The van der Waals surface area contributed by atoms with E-state index >= 15 is 0 Å². The molecule has 1 saturated heterocycles. The SMILES string of the molecule is COc1cc2c(cc1OCCCC(=O)Nc1cn(C)c(C(=O)Nc3cc(C(=O)NCCC(=O)Nc4cc(C(=O)Nc5cc(C(=O)NCCC(=O)Nc6cc(C(=O)Nc7cc(C(=O)NCCCN(C)C)n(C)c7)n(C)c6)n(C)c5)n(C)c4)n(C)c3)n1)N=C[C@@H]1CCCN1C2=O. The van der Waals surface area contributed by atoms with Gasteiger partial charge in [0.05, 0.1) is 59.4 Å². The van der Waals surface area contributed by atoms with Crippen LogP contribution in [0.25, 0.3) is 0 Å². The van der Waals surface area contributed by atoms with Gasteiger partial charge in [-0.25, -0.2) is 4.98 Å². The molecule has 31 heteroatoms. The molecule has 1 aromatic carbocycles. The van der Waals surface area contributed by atoms with E-state index in [0.717, 1.165) is 25.8 Å². The van der Waals surface area contributed by atoms with Crippen molar-refractivity contribution in [1.29, 1.82) is 0 Å². The first kappa shape index (κ1) is 67.2. The maximum Gasteiger partial charge on any atom is 0.291 e. The molecule has 7 aromatic rings. The van der Waals surface area contributed by atoms with Crippen LogP contribution < -0.4 is 57.3 Å². The molecular formula is C63H77N19O12. The van der Waals surface area contributed by atoms with E-state index in [9.17, 15) is 47.9 Å². The van der Waals surface area contributed by atoms with E-state index in [1.807, 2.05) is 23.9 Å². The Labute approximate surface area is 540 Å². The van der Waals surface area contributed by atoms with Crippen LogP contribution in [0.1, 0.15) is 118 Å². The molecule has 9 N–H and O–H groups in total. The molecule has 2 aliphatic heterocycles. The Balaban J connectivity index is 0.662. The predicted octanol–water partition coefficient (Wildman–Crippen LogP) is 4.20. The highest BCUT2D eigenvalue weighted by molar-refractivity contribution is 6.08. The molecule has 1 atom stereocenters. The number of carbonyl (C=O) groups is 10. The largest absolute Gasteiger partial charge is 0.493 e. The van der Waals surface area contributed by atoms with E-state index < -0.39 is 41.4 Å². The van der Waals surface area contributed by atoms with E-state index in [0.29, 0.717) is 70.7 Å². The molecule has 10 amide bonds. The highest BCUT2D eigenvalue weighted by Crippen LogP contribution is 2.38. The summed E-state index contributed by atoms with van der Waals surface area (Å²) in [6, 6.07) is 10.8. The molecule has 0 aliphatic carbocycles. The van der Waals surface area contributed by atoms with E-state index in [-0.39, 0.29) is 103 Å². The first-order valence-electron chi connectivity index (χ1n) is 30.3. The minimum absolute atomic E-state index is 0.0173. The van der Waals surface area contributed by atoms with Gasteiger partial charge in [-0.3, -0.25) is 52.9 Å². The van der Waals surface area contributed by atoms with Crippen LogP contribution in [0, 0.1) is 0 Å². The number of aromatic nitrogens is 7.